The first-order chi connectivity index (χ1) is 9.18. The number of aromatic nitrogens is 1. The minimum absolute atomic E-state index is 0.0332. The number of rotatable bonds is 4. The van der Waals surface area contributed by atoms with Crippen LogP contribution in [0, 0.1) is 0 Å². The number of primary amides is 1. The SMILES string of the molecule is NC(=O)C1CNCCN1C(=O)CCc1cccnc1. The lowest BCUT2D eigenvalue weighted by atomic mass is 10.1. The molecule has 6 nitrogen and oxygen atoms in total. The van der Waals surface area contributed by atoms with E-state index in [0.717, 1.165) is 5.56 Å². The molecule has 1 aromatic heterocycles. The monoisotopic (exact) mass is 262 g/mol. The summed E-state index contributed by atoms with van der Waals surface area (Å²) >= 11 is 0. The number of nitrogens with two attached hydrogens (primary N) is 1. The van der Waals surface area contributed by atoms with Crippen molar-refractivity contribution in [2.75, 3.05) is 19.6 Å². The molecule has 1 atom stereocenters. The number of pyridine rings is 1. The average Bonchev–Trinajstić information content (AvgIpc) is 2.46. The lowest BCUT2D eigenvalue weighted by molar-refractivity contribution is -0.140. The van der Waals surface area contributed by atoms with Crippen LogP contribution < -0.4 is 11.1 Å². The summed E-state index contributed by atoms with van der Waals surface area (Å²) in [5.74, 6) is -0.490. The van der Waals surface area contributed by atoms with Crippen LogP contribution in [0.4, 0.5) is 0 Å². The molecule has 0 radical (unpaired) electrons. The van der Waals surface area contributed by atoms with Gasteiger partial charge in [-0.15, -0.1) is 0 Å². The van der Waals surface area contributed by atoms with Crippen LogP contribution in [0.5, 0.6) is 0 Å². The molecule has 0 aromatic carbocycles. The van der Waals surface area contributed by atoms with Crippen molar-refractivity contribution < 1.29 is 9.59 Å². The topological polar surface area (TPSA) is 88.3 Å². The second kappa shape index (κ2) is 6.29. The number of nitrogens with one attached hydrogen (secondary N) is 1. The first-order valence-electron chi connectivity index (χ1n) is 6.37. The lowest BCUT2D eigenvalue weighted by Crippen LogP contribution is -2.58. The molecule has 0 saturated carbocycles. The molecular weight excluding hydrogens is 244 g/mol. The molecule has 2 rings (SSSR count). The molecule has 19 heavy (non-hydrogen) atoms. The van der Waals surface area contributed by atoms with Crippen LogP contribution in [-0.2, 0) is 16.0 Å². The summed E-state index contributed by atoms with van der Waals surface area (Å²) in [4.78, 5) is 29.1. The fourth-order valence-corrected chi connectivity index (χ4v) is 2.20. The Morgan fingerprint density at radius 1 is 1.53 bits per heavy atom. The molecule has 3 N–H and O–H groups in total. The molecule has 1 aromatic rings. The van der Waals surface area contributed by atoms with Gasteiger partial charge in [0.05, 0.1) is 0 Å². The zero-order valence-electron chi connectivity index (χ0n) is 10.7. The summed E-state index contributed by atoms with van der Waals surface area (Å²) in [6.45, 7) is 1.66. The minimum Gasteiger partial charge on any atom is -0.368 e. The van der Waals surface area contributed by atoms with Gasteiger partial charge in [0.1, 0.15) is 6.04 Å². The van der Waals surface area contributed by atoms with Gasteiger partial charge in [0.2, 0.25) is 11.8 Å². The molecule has 1 unspecified atom stereocenters. The standard InChI is InChI=1S/C13H18N4O2/c14-13(19)11-9-16-6-7-17(11)12(18)4-3-10-2-1-5-15-8-10/h1-2,5,8,11,16H,3-4,6-7,9H2,(H2,14,19). The fraction of sp³-hybridized carbons (Fsp3) is 0.462. The Hall–Kier alpha value is -1.95. The van der Waals surface area contributed by atoms with Crippen LogP contribution in [0.2, 0.25) is 0 Å². The quantitative estimate of drug-likeness (QED) is 0.751. The van der Waals surface area contributed by atoms with E-state index in [0.29, 0.717) is 32.5 Å². The lowest BCUT2D eigenvalue weighted by Gasteiger charge is -2.34. The van der Waals surface area contributed by atoms with Crippen LogP contribution in [0.15, 0.2) is 24.5 Å². The van der Waals surface area contributed by atoms with Gasteiger partial charge < -0.3 is 16.0 Å². The van der Waals surface area contributed by atoms with Gasteiger partial charge in [-0.3, -0.25) is 14.6 Å². The predicted molar refractivity (Wildman–Crippen MR) is 70.1 cm³/mol. The van der Waals surface area contributed by atoms with Gasteiger partial charge in [0.25, 0.3) is 0 Å². The van der Waals surface area contributed by atoms with Crippen LogP contribution >= 0.6 is 0 Å². The smallest absolute Gasteiger partial charge is 0.241 e. The van der Waals surface area contributed by atoms with E-state index in [-0.39, 0.29) is 5.91 Å². The third kappa shape index (κ3) is 3.51. The third-order valence-electron chi connectivity index (χ3n) is 3.24. The maximum Gasteiger partial charge on any atom is 0.241 e. The molecule has 2 heterocycles. The van der Waals surface area contributed by atoms with E-state index in [1.165, 1.54) is 0 Å². The second-order valence-corrected chi connectivity index (χ2v) is 4.57. The van der Waals surface area contributed by atoms with Gasteiger partial charge in [-0.25, -0.2) is 0 Å². The highest BCUT2D eigenvalue weighted by Crippen LogP contribution is 2.08. The van der Waals surface area contributed by atoms with E-state index < -0.39 is 11.9 Å². The number of piperazine rings is 1. The maximum absolute atomic E-state index is 12.2. The van der Waals surface area contributed by atoms with E-state index in [4.69, 9.17) is 5.73 Å². The Morgan fingerprint density at radius 2 is 2.37 bits per heavy atom. The summed E-state index contributed by atoms with van der Waals surface area (Å²) in [5.41, 5.74) is 6.34. The molecule has 1 saturated heterocycles. The van der Waals surface area contributed by atoms with E-state index in [1.54, 1.807) is 17.3 Å². The van der Waals surface area contributed by atoms with Crippen LogP contribution in [0.25, 0.3) is 0 Å². The maximum atomic E-state index is 12.2. The summed E-state index contributed by atoms with van der Waals surface area (Å²) in [6.07, 6.45) is 4.44. The van der Waals surface area contributed by atoms with Crippen LogP contribution in [0.3, 0.4) is 0 Å². The van der Waals surface area contributed by atoms with Crippen LogP contribution in [-0.4, -0.2) is 47.4 Å². The first-order valence-corrected chi connectivity index (χ1v) is 6.37. The second-order valence-electron chi connectivity index (χ2n) is 4.57. The molecular formula is C13H18N4O2. The van der Waals surface area contributed by atoms with Crippen molar-refractivity contribution in [2.24, 2.45) is 5.73 Å². The van der Waals surface area contributed by atoms with E-state index in [1.807, 2.05) is 12.1 Å². The van der Waals surface area contributed by atoms with Crippen molar-refractivity contribution >= 4 is 11.8 Å². The molecule has 2 amide bonds. The van der Waals surface area contributed by atoms with Gasteiger partial charge in [0.15, 0.2) is 0 Å². The number of carbonyl (C=O) groups excluding carboxylic acids is 2. The van der Waals surface area contributed by atoms with Gasteiger partial charge in [-0.05, 0) is 18.1 Å². The summed E-state index contributed by atoms with van der Waals surface area (Å²) in [5, 5.41) is 3.07. The normalized spacial score (nSPS) is 19.2. The number of aryl methyl sites for hydroxylation is 1. The summed E-state index contributed by atoms with van der Waals surface area (Å²) in [7, 11) is 0. The number of amides is 2. The van der Waals surface area contributed by atoms with Gasteiger partial charge >= 0.3 is 0 Å². The zero-order valence-corrected chi connectivity index (χ0v) is 10.7. The Labute approximate surface area is 112 Å². The average molecular weight is 262 g/mol. The van der Waals surface area contributed by atoms with Crippen molar-refractivity contribution in [1.82, 2.24) is 15.2 Å². The number of carbonyl (C=O) groups is 2. The molecule has 0 aliphatic carbocycles. The first kappa shape index (κ1) is 13.5. The molecule has 0 spiro atoms. The molecule has 102 valence electrons. The number of hydrogen-bond donors (Lipinski definition) is 2. The minimum atomic E-state index is -0.532. The molecule has 1 aliphatic heterocycles. The van der Waals surface area contributed by atoms with E-state index in [2.05, 4.69) is 10.3 Å². The molecule has 1 fully saturated rings. The summed E-state index contributed by atoms with van der Waals surface area (Å²) in [6, 6.07) is 3.25. The van der Waals surface area contributed by atoms with Gasteiger partial charge in [0, 0.05) is 38.4 Å². The highest BCUT2D eigenvalue weighted by atomic mass is 16.2. The molecule has 0 bridgehead atoms. The Balaban J connectivity index is 1.93. The van der Waals surface area contributed by atoms with Crippen molar-refractivity contribution in [3.05, 3.63) is 30.1 Å². The fourth-order valence-electron chi connectivity index (χ4n) is 2.20. The van der Waals surface area contributed by atoms with Crippen molar-refractivity contribution in [2.45, 2.75) is 18.9 Å². The van der Waals surface area contributed by atoms with Crippen molar-refractivity contribution in [3.63, 3.8) is 0 Å². The largest absolute Gasteiger partial charge is 0.368 e. The van der Waals surface area contributed by atoms with E-state index >= 15 is 0 Å². The Kier molecular flexibility index (Phi) is 4.46. The van der Waals surface area contributed by atoms with Gasteiger partial charge in [-0.2, -0.15) is 0 Å². The van der Waals surface area contributed by atoms with Crippen LogP contribution in [0.1, 0.15) is 12.0 Å². The van der Waals surface area contributed by atoms with E-state index in [9.17, 15) is 9.59 Å². The highest BCUT2D eigenvalue weighted by Gasteiger charge is 2.29. The number of nitrogens with zero attached hydrogens (tertiary/aromatic N) is 2. The molecule has 1 aliphatic rings. The Bertz CT molecular complexity index is 449. The van der Waals surface area contributed by atoms with Gasteiger partial charge in [-0.1, -0.05) is 6.07 Å². The third-order valence-corrected chi connectivity index (χ3v) is 3.24. The zero-order chi connectivity index (χ0) is 13.7. The predicted octanol–water partition coefficient (Wildman–Crippen LogP) is -0.700. The highest BCUT2D eigenvalue weighted by molar-refractivity contribution is 5.87. The molecule has 6 heteroatoms. The summed E-state index contributed by atoms with van der Waals surface area (Å²) < 4.78 is 0. The Morgan fingerprint density at radius 3 is 3.05 bits per heavy atom. The number of hydrogen-bond acceptors (Lipinski definition) is 4. The van der Waals surface area contributed by atoms with Crippen molar-refractivity contribution in [3.8, 4) is 0 Å². The van der Waals surface area contributed by atoms with Crippen molar-refractivity contribution in [1.29, 1.82) is 0 Å².